The van der Waals surface area contributed by atoms with Gasteiger partial charge in [-0.25, -0.2) is 9.38 Å². The summed E-state index contributed by atoms with van der Waals surface area (Å²) in [6.07, 6.45) is 5.56. The van der Waals surface area contributed by atoms with Crippen molar-refractivity contribution in [3.05, 3.63) is 23.5 Å². The number of hydrogen-bond donors (Lipinski definition) is 3. The Labute approximate surface area is 145 Å². The molecule has 4 rings (SSSR count). The van der Waals surface area contributed by atoms with Gasteiger partial charge in [-0.2, -0.15) is 4.99 Å². The lowest BCUT2D eigenvalue weighted by atomic mass is 9.87. The van der Waals surface area contributed by atoms with E-state index in [1.165, 1.54) is 6.07 Å². The van der Waals surface area contributed by atoms with Gasteiger partial charge < -0.3 is 16.8 Å². The Bertz CT molecular complexity index is 797. The molecule has 1 fully saturated rings. The van der Waals surface area contributed by atoms with Gasteiger partial charge in [0, 0.05) is 12.1 Å². The molecule has 2 heterocycles. The van der Waals surface area contributed by atoms with Crippen molar-refractivity contribution in [2.75, 3.05) is 10.2 Å². The van der Waals surface area contributed by atoms with Gasteiger partial charge in [0.05, 0.1) is 5.69 Å². The maximum atomic E-state index is 14.6. The van der Waals surface area contributed by atoms with E-state index in [2.05, 4.69) is 15.3 Å². The number of carbonyl (C=O) groups excluding carboxylic acids is 1. The Morgan fingerprint density at radius 2 is 1.92 bits per heavy atom. The monoisotopic (exact) mass is 344 g/mol. The highest BCUT2D eigenvalue weighted by Gasteiger charge is 2.43. The van der Waals surface area contributed by atoms with Gasteiger partial charge in [-0.3, -0.25) is 9.69 Å². The van der Waals surface area contributed by atoms with Crippen LogP contribution >= 0.6 is 0 Å². The van der Waals surface area contributed by atoms with Gasteiger partial charge in [0.25, 0.3) is 0 Å². The fourth-order valence-corrected chi connectivity index (χ4v) is 4.06. The third-order valence-electron chi connectivity index (χ3n) is 5.15. The number of guanidine groups is 2. The normalized spacial score (nSPS) is 22.1. The Kier molecular flexibility index (Phi) is 3.63. The minimum Gasteiger partial charge on any atom is -0.369 e. The number of fused-ring (bicyclic) bond motifs is 1. The molecule has 1 aromatic rings. The van der Waals surface area contributed by atoms with E-state index in [0.717, 1.165) is 37.7 Å². The van der Waals surface area contributed by atoms with Gasteiger partial charge >= 0.3 is 0 Å². The Balaban J connectivity index is 1.81. The molecule has 0 unspecified atom stereocenters. The van der Waals surface area contributed by atoms with Crippen LogP contribution in [0.15, 0.2) is 22.1 Å². The smallest absolute Gasteiger partial charge is 0.224 e. The molecule has 1 aromatic carbocycles. The summed E-state index contributed by atoms with van der Waals surface area (Å²) in [5, 5.41) is 2.61. The zero-order valence-electron chi connectivity index (χ0n) is 13.9. The predicted octanol–water partition coefficient (Wildman–Crippen LogP) is 1.82. The Hall–Kier alpha value is -2.64. The average Bonchev–Trinajstić information content (AvgIpc) is 2.55. The van der Waals surface area contributed by atoms with Crippen molar-refractivity contribution in [1.82, 2.24) is 0 Å². The number of halogens is 1. The molecule has 0 radical (unpaired) electrons. The van der Waals surface area contributed by atoms with Crippen molar-refractivity contribution in [3.63, 3.8) is 0 Å². The van der Waals surface area contributed by atoms with E-state index in [1.807, 2.05) is 11.0 Å². The van der Waals surface area contributed by atoms with E-state index >= 15 is 0 Å². The molecule has 1 aliphatic carbocycles. The number of nitrogens with two attached hydrogens (primary N) is 2. The van der Waals surface area contributed by atoms with Gasteiger partial charge in [-0.05, 0) is 49.8 Å². The molecule has 3 aliphatic rings. The second kappa shape index (κ2) is 5.72. The lowest BCUT2D eigenvalue weighted by molar-refractivity contribution is -0.116. The lowest BCUT2D eigenvalue weighted by Crippen LogP contribution is -2.58. The highest BCUT2D eigenvalue weighted by molar-refractivity contribution is 6.06. The molecule has 0 bridgehead atoms. The number of aliphatic imine (C=N–C) groups is 2. The topological polar surface area (TPSA) is 109 Å². The van der Waals surface area contributed by atoms with Crippen LogP contribution in [0.3, 0.4) is 0 Å². The average molecular weight is 344 g/mol. The number of anilines is 2. The van der Waals surface area contributed by atoms with E-state index < -0.39 is 11.5 Å². The van der Waals surface area contributed by atoms with Crippen LogP contribution in [0.4, 0.5) is 15.8 Å². The van der Waals surface area contributed by atoms with Crippen LogP contribution in [-0.4, -0.2) is 23.5 Å². The number of hydrogen-bond acceptors (Lipinski definition) is 6. The number of nitrogens with one attached hydrogen (secondary N) is 1. The number of aryl methyl sites for hydroxylation is 1. The molecular formula is C17H21FN6O. The Morgan fingerprint density at radius 1 is 1.16 bits per heavy atom. The highest BCUT2D eigenvalue weighted by atomic mass is 19.1. The van der Waals surface area contributed by atoms with E-state index in [-0.39, 0.29) is 23.5 Å². The van der Waals surface area contributed by atoms with Crippen molar-refractivity contribution in [2.24, 2.45) is 21.5 Å². The number of benzene rings is 1. The van der Waals surface area contributed by atoms with Crippen LogP contribution in [0.25, 0.3) is 0 Å². The molecular weight excluding hydrogens is 323 g/mol. The number of amides is 1. The second-order valence-electron chi connectivity index (χ2n) is 6.83. The SMILES string of the molecule is NC1=NC2(CCCCC2)N(c2cc(F)c3c(c2)CCC(=O)N3)C(N)=N1. The fraction of sp³-hybridized carbons (Fsp3) is 0.471. The maximum absolute atomic E-state index is 14.6. The minimum atomic E-state index is -0.604. The van der Waals surface area contributed by atoms with Gasteiger partial charge in [0.2, 0.25) is 17.8 Å². The van der Waals surface area contributed by atoms with Crippen LogP contribution in [0.5, 0.6) is 0 Å². The van der Waals surface area contributed by atoms with Crippen molar-refractivity contribution in [2.45, 2.75) is 50.6 Å². The molecule has 1 saturated carbocycles. The fourth-order valence-electron chi connectivity index (χ4n) is 4.06. The third-order valence-corrected chi connectivity index (χ3v) is 5.15. The van der Waals surface area contributed by atoms with Crippen LogP contribution < -0.4 is 21.7 Å². The molecule has 132 valence electrons. The molecule has 0 saturated heterocycles. The van der Waals surface area contributed by atoms with Crippen LogP contribution in [-0.2, 0) is 11.2 Å². The predicted molar refractivity (Wildman–Crippen MR) is 94.9 cm³/mol. The summed E-state index contributed by atoms with van der Waals surface area (Å²) in [5.41, 5.74) is 13.1. The number of rotatable bonds is 1. The van der Waals surface area contributed by atoms with Crippen LogP contribution in [0.2, 0.25) is 0 Å². The van der Waals surface area contributed by atoms with Crippen molar-refractivity contribution >= 4 is 29.2 Å². The summed E-state index contributed by atoms with van der Waals surface area (Å²) >= 11 is 0. The summed E-state index contributed by atoms with van der Waals surface area (Å²) in [6.45, 7) is 0. The van der Waals surface area contributed by atoms with E-state index in [0.29, 0.717) is 18.5 Å². The molecule has 5 N–H and O–H groups in total. The van der Waals surface area contributed by atoms with Gasteiger partial charge in [-0.1, -0.05) is 6.42 Å². The molecule has 0 atom stereocenters. The third kappa shape index (κ3) is 2.61. The lowest BCUT2D eigenvalue weighted by Gasteiger charge is -2.45. The van der Waals surface area contributed by atoms with Gasteiger partial charge in [0.1, 0.15) is 11.5 Å². The quantitative estimate of drug-likeness (QED) is 0.722. The zero-order chi connectivity index (χ0) is 17.6. The number of nitrogens with zero attached hydrogens (tertiary/aromatic N) is 3. The number of carbonyl (C=O) groups is 1. The first-order valence-electron chi connectivity index (χ1n) is 8.60. The first kappa shape index (κ1) is 15.9. The molecule has 8 heteroatoms. The summed E-state index contributed by atoms with van der Waals surface area (Å²) < 4.78 is 14.6. The van der Waals surface area contributed by atoms with Crippen LogP contribution in [0.1, 0.15) is 44.1 Å². The molecule has 2 aliphatic heterocycles. The van der Waals surface area contributed by atoms with E-state index in [4.69, 9.17) is 11.5 Å². The second-order valence-corrected chi connectivity index (χ2v) is 6.83. The van der Waals surface area contributed by atoms with Crippen molar-refractivity contribution in [3.8, 4) is 0 Å². The first-order valence-corrected chi connectivity index (χ1v) is 8.60. The van der Waals surface area contributed by atoms with Crippen molar-refractivity contribution < 1.29 is 9.18 Å². The largest absolute Gasteiger partial charge is 0.369 e. The zero-order valence-corrected chi connectivity index (χ0v) is 13.9. The Morgan fingerprint density at radius 3 is 2.68 bits per heavy atom. The molecule has 1 amide bonds. The summed E-state index contributed by atoms with van der Waals surface area (Å²) in [7, 11) is 0. The molecule has 25 heavy (non-hydrogen) atoms. The van der Waals surface area contributed by atoms with Gasteiger partial charge in [-0.15, -0.1) is 0 Å². The standard InChI is InChI=1S/C17H21FN6O/c18-12-9-11(8-10-4-5-13(25)21-14(10)12)24-16(20)22-15(19)23-17(24)6-2-1-3-7-17/h8-9H,1-7H2,(H,21,25)(H4,19,20,22,23). The van der Waals surface area contributed by atoms with E-state index in [1.54, 1.807) is 0 Å². The molecule has 1 spiro atoms. The summed E-state index contributed by atoms with van der Waals surface area (Å²) in [4.78, 5) is 22.0. The van der Waals surface area contributed by atoms with Gasteiger partial charge in [0.15, 0.2) is 0 Å². The molecule has 7 nitrogen and oxygen atoms in total. The summed E-state index contributed by atoms with van der Waals surface area (Å²) in [6, 6.07) is 3.26. The highest BCUT2D eigenvalue weighted by Crippen LogP contribution is 2.41. The van der Waals surface area contributed by atoms with E-state index in [9.17, 15) is 9.18 Å². The summed E-state index contributed by atoms with van der Waals surface area (Å²) in [5.74, 6) is -0.240. The molecule has 0 aromatic heterocycles. The maximum Gasteiger partial charge on any atom is 0.224 e. The van der Waals surface area contributed by atoms with Crippen LogP contribution in [0, 0.1) is 5.82 Å². The van der Waals surface area contributed by atoms with Crippen molar-refractivity contribution in [1.29, 1.82) is 0 Å². The minimum absolute atomic E-state index is 0.167. The first-order chi connectivity index (χ1) is 12.0.